The second-order valence-corrected chi connectivity index (χ2v) is 6.33. The van der Waals surface area contributed by atoms with Crippen molar-refractivity contribution in [2.45, 2.75) is 31.8 Å². The van der Waals surface area contributed by atoms with Crippen LogP contribution in [0.25, 0.3) is 0 Å². The molecular formula is C17H26N4O2. The normalized spacial score (nSPS) is 19.9. The highest BCUT2D eigenvalue weighted by Crippen LogP contribution is 2.17. The minimum atomic E-state index is -0.564. The molecule has 2 rings (SSSR count). The number of benzene rings is 1. The standard InChI is InChI=1S/C17H26N4O2/c1-12(18)16(22)19-14-8-6-13(7-9-14)17(23)21(3)15-5-4-10-20(2)11-15/h6-9,12,15H,4-5,10-11,18H2,1-3H3,(H,19,22)/t12-,15?/m1/s1. The summed E-state index contributed by atoms with van der Waals surface area (Å²) in [7, 11) is 3.94. The van der Waals surface area contributed by atoms with Gasteiger partial charge in [0.15, 0.2) is 0 Å². The van der Waals surface area contributed by atoms with Crippen molar-refractivity contribution in [3.05, 3.63) is 29.8 Å². The van der Waals surface area contributed by atoms with E-state index in [2.05, 4.69) is 17.3 Å². The lowest BCUT2D eigenvalue weighted by molar-refractivity contribution is -0.117. The molecule has 126 valence electrons. The number of nitrogens with zero attached hydrogens (tertiary/aromatic N) is 2. The van der Waals surface area contributed by atoms with Crippen LogP contribution < -0.4 is 11.1 Å². The van der Waals surface area contributed by atoms with E-state index in [1.165, 1.54) is 0 Å². The maximum Gasteiger partial charge on any atom is 0.253 e. The molecule has 1 aromatic carbocycles. The third-order valence-corrected chi connectivity index (χ3v) is 4.28. The van der Waals surface area contributed by atoms with Gasteiger partial charge in [-0.3, -0.25) is 9.59 Å². The van der Waals surface area contributed by atoms with E-state index < -0.39 is 6.04 Å². The van der Waals surface area contributed by atoms with Gasteiger partial charge < -0.3 is 20.9 Å². The maximum atomic E-state index is 12.6. The van der Waals surface area contributed by atoms with Crippen molar-refractivity contribution in [1.82, 2.24) is 9.80 Å². The summed E-state index contributed by atoms with van der Waals surface area (Å²) in [5.74, 6) is -0.234. The van der Waals surface area contributed by atoms with Gasteiger partial charge in [-0.15, -0.1) is 0 Å². The molecule has 1 aliphatic heterocycles. The number of amides is 2. The quantitative estimate of drug-likeness (QED) is 0.872. The molecule has 1 saturated heterocycles. The summed E-state index contributed by atoms with van der Waals surface area (Å²) in [5.41, 5.74) is 6.79. The minimum Gasteiger partial charge on any atom is -0.337 e. The van der Waals surface area contributed by atoms with Crippen LogP contribution in [0.5, 0.6) is 0 Å². The first-order valence-electron chi connectivity index (χ1n) is 8.00. The van der Waals surface area contributed by atoms with Crippen LogP contribution in [0.3, 0.4) is 0 Å². The van der Waals surface area contributed by atoms with Crippen LogP contribution in [0.2, 0.25) is 0 Å². The van der Waals surface area contributed by atoms with Gasteiger partial charge in [-0.25, -0.2) is 0 Å². The summed E-state index contributed by atoms with van der Waals surface area (Å²) in [5, 5.41) is 2.71. The Labute approximate surface area is 137 Å². The molecule has 0 saturated carbocycles. The summed E-state index contributed by atoms with van der Waals surface area (Å²) in [6, 6.07) is 6.62. The number of nitrogens with one attached hydrogen (secondary N) is 1. The van der Waals surface area contributed by atoms with Crippen molar-refractivity contribution in [2.24, 2.45) is 5.73 Å². The zero-order valence-corrected chi connectivity index (χ0v) is 14.1. The molecule has 0 spiro atoms. The molecule has 1 aliphatic rings. The number of likely N-dealkylation sites (tertiary alicyclic amines) is 1. The Morgan fingerprint density at radius 1 is 1.35 bits per heavy atom. The van der Waals surface area contributed by atoms with Gasteiger partial charge in [0, 0.05) is 30.9 Å². The van der Waals surface area contributed by atoms with Crippen molar-refractivity contribution in [1.29, 1.82) is 0 Å². The Hall–Kier alpha value is -1.92. The molecule has 1 unspecified atom stereocenters. The van der Waals surface area contributed by atoms with E-state index in [4.69, 9.17) is 5.73 Å². The van der Waals surface area contributed by atoms with Gasteiger partial charge in [0.2, 0.25) is 5.91 Å². The van der Waals surface area contributed by atoms with Crippen molar-refractivity contribution < 1.29 is 9.59 Å². The van der Waals surface area contributed by atoms with Crippen LogP contribution in [0, 0.1) is 0 Å². The molecule has 1 heterocycles. The van der Waals surface area contributed by atoms with E-state index in [-0.39, 0.29) is 17.9 Å². The second kappa shape index (κ2) is 7.57. The lowest BCUT2D eigenvalue weighted by Crippen LogP contribution is -2.47. The molecule has 0 radical (unpaired) electrons. The number of anilines is 1. The van der Waals surface area contributed by atoms with Crippen LogP contribution in [0.4, 0.5) is 5.69 Å². The molecule has 23 heavy (non-hydrogen) atoms. The maximum absolute atomic E-state index is 12.6. The third kappa shape index (κ3) is 4.53. The van der Waals surface area contributed by atoms with Crippen LogP contribution in [-0.2, 0) is 4.79 Å². The number of hydrogen-bond acceptors (Lipinski definition) is 4. The largest absolute Gasteiger partial charge is 0.337 e. The monoisotopic (exact) mass is 318 g/mol. The number of hydrogen-bond donors (Lipinski definition) is 2. The van der Waals surface area contributed by atoms with Gasteiger partial charge in [-0.05, 0) is 57.6 Å². The number of likely N-dealkylation sites (N-methyl/N-ethyl adjacent to an activating group) is 2. The Bertz CT molecular complexity index is 556. The van der Waals surface area contributed by atoms with Gasteiger partial charge in [0.05, 0.1) is 6.04 Å². The first-order chi connectivity index (χ1) is 10.9. The summed E-state index contributed by atoms with van der Waals surface area (Å²) in [6.45, 7) is 3.63. The molecule has 0 aliphatic carbocycles. The van der Waals surface area contributed by atoms with E-state index in [9.17, 15) is 9.59 Å². The number of rotatable bonds is 4. The fourth-order valence-electron chi connectivity index (χ4n) is 2.78. The highest BCUT2D eigenvalue weighted by Gasteiger charge is 2.25. The zero-order chi connectivity index (χ0) is 17.0. The van der Waals surface area contributed by atoms with Gasteiger partial charge >= 0.3 is 0 Å². The van der Waals surface area contributed by atoms with Crippen LogP contribution in [0.15, 0.2) is 24.3 Å². The second-order valence-electron chi connectivity index (χ2n) is 6.33. The van der Waals surface area contributed by atoms with E-state index >= 15 is 0 Å². The van der Waals surface area contributed by atoms with E-state index in [0.29, 0.717) is 11.3 Å². The summed E-state index contributed by atoms with van der Waals surface area (Å²) < 4.78 is 0. The predicted octanol–water partition coefficient (Wildman–Crippen LogP) is 1.14. The molecule has 6 heteroatoms. The van der Waals surface area contributed by atoms with Crippen LogP contribution in [0.1, 0.15) is 30.1 Å². The Morgan fingerprint density at radius 2 is 2.00 bits per heavy atom. The smallest absolute Gasteiger partial charge is 0.253 e. The highest BCUT2D eigenvalue weighted by molar-refractivity contribution is 5.97. The summed E-state index contributed by atoms with van der Waals surface area (Å²) >= 11 is 0. The first-order valence-corrected chi connectivity index (χ1v) is 8.00. The fraction of sp³-hybridized carbons (Fsp3) is 0.529. The molecule has 0 aromatic heterocycles. The van der Waals surface area contributed by atoms with E-state index in [1.54, 1.807) is 31.2 Å². The Balaban J connectivity index is 2.00. The lowest BCUT2D eigenvalue weighted by Gasteiger charge is -2.35. The molecule has 3 N–H and O–H groups in total. The van der Waals surface area contributed by atoms with Crippen molar-refractivity contribution in [3.63, 3.8) is 0 Å². The zero-order valence-electron chi connectivity index (χ0n) is 14.1. The van der Waals surface area contributed by atoms with E-state index in [0.717, 1.165) is 25.9 Å². The average molecular weight is 318 g/mol. The topological polar surface area (TPSA) is 78.7 Å². The van der Waals surface area contributed by atoms with Crippen LogP contribution in [-0.4, -0.2) is 60.9 Å². The van der Waals surface area contributed by atoms with Gasteiger partial charge in [0.25, 0.3) is 5.91 Å². The first kappa shape index (κ1) is 17.4. The predicted molar refractivity (Wildman–Crippen MR) is 91.3 cm³/mol. The van der Waals surface area contributed by atoms with Gasteiger partial charge in [-0.2, -0.15) is 0 Å². The Kier molecular flexibility index (Phi) is 5.74. The molecule has 1 aromatic rings. The van der Waals surface area contributed by atoms with Gasteiger partial charge in [0.1, 0.15) is 0 Å². The van der Waals surface area contributed by atoms with E-state index in [1.807, 2.05) is 11.9 Å². The molecular weight excluding hydrogens is 292 g/mol. The van der Waals surface area contributed by atoms with Crippen molar-refractivity contribution in [3.8, 4) is 0 Å². The van der Waals surface area contributed by atoms with Crippen molar-refractivity contribution in [2.75, 3.05) is 32.5 Å². The van der Waals surface area contributed by atoms with Crippen LogP contribution >= 0.6 is 0 Å². The van der Waals surface area contributed by atoms with Gasteiger partial charge in [-0.1, -0.05) is 0 Å². The lowest BCUT2D eigenvalue weighted by atomic mass is 10.0. The SMILES string of the molecule is C[C@@H](N)C(=O)Nc1ccc(C(=O)N(C)C2CCCN(C)C2)cc1. The summed E-state index contributed by atoms with van der Waals surface area (Å²) in [6.07, 6.45) is 2.15. The fourth-order valence-corrected chi connectivity index (χ4v) is 2.78. The van der Waals surface area contributed by atoms with Crippen molar-refractivity contribution >= 4 is 17.5 Å². The molecule has 2 amide bonds. The Morgan fingerprint density at radius 3 is 2.57 bits per heavy atom. The molecule has 6 nitrogen and oxygen atoms in total. The number of nitrogens with two attached hydrogens (primary N) is 1. The molecule has 0 bridgehead atoms. The molecule has 1 fully saturated rings. The minimum absolute atomic E-state index is 0.00960. The average Bonchev–Trinajstić information content (AvgIpc) is 2.54. The summed E-state index contributed by atoms with van der Waals surface area (Å²) in [4.78, 5) is 28.2. The number of piperidine rings is 1. The number of carbonyl (C=O) groups is 2. The molecule has 2 atom stereocenters. The highest BCUT2D eigenvalue weighted by atomic mass is 16.2. The number of carbonyl (C=O) groups excluding carboxylic acids is 2. The third-order valence-electron chi connectivity index (χ3n) is 4.28.